The van der Waals surface area contributed by atoms with Crippen LogP contribution < -0.4 is 10.9 Å². The molecule has 1 amide bonds. The molecule has 7 heteroatoms. The van der Waals surface area contributed by atoms with Gasteiger partial charge in [-0.2, -0.15) is 0 Å². The minimum Gasteiger partial charge on any atom is -0.317 e. The smallest absolute Gasteiger partial charge is 0.291 e. The molecule has 0 aliphatic carbocycles. The summed E-state index contributed by atoms with van der Waals surface area (Å²) >= 11 is 9.12. The molecule has 0 radical (unpaired) electrons. The van der Waals surface area contributed by atoms with E-state index in [1.807, 2.05) is 0 Å². The second-order valence-electron chi connectivity index (χ2n) is 4.54. The number of carbonyl (C=O) groups is 1. The molecule has 0 saturated heterocycles. The second-order valence-corrected chi connectivity index (χ2v) is 5.89. The van der Waals surface area contributed by atoms with Gasteiger partial charge in [0.15, 0.2) is 5.82 Å². The Bertz CT molecular complexity index is 922. The number of benzene rings is 2. The molecular formula is C15H9BrClN3O2. The number of H-pyrrole nitrogens is 1. The number of nitrogens with zero attached hydrogens (tertiary/aromatic N) is 1. The number of amides is 1. The largest absolute Gasteiger partial charge is 0.317 e. The standard InChI is InChI=1S/C15H9BrClN3O2/c16-9-3-6-11-12(7-9)18-13(15(22)19-11)20-14(21)8-1-4-10(17)5-2-8/h1-7H,(H,19,22)(H,18,20,21). The van der Waals surface area contributed by atoms with Crippen LogP contribution in [0.1, 0.15) is 10.4 Å². The Morgan fingerprint density at radius 2 is 1.91 bits per heavy atom. The summed E-state index contributed by atoms with van der Waals surface area (Å²) in [5.41, 5.74) is 1.09. The molecule has 22 heavy (non-hydrogen) atoms. The zero-order chi connectivity index (χ0) is 15.7. The normalized spacial score (nSPS) is 10.6. The van der Waals surface area contributed by atoms with Crippen LogP contribution >= 0.6 is 27.5 Å². The summed E-state index contributed by atoms with van der Waals surface area (Å²) in [6.45, 7) is 0. The highest BCUT2D eigenvalue weighted by atomic mass is 79.9. The van der Waals surface area contributed by atoms with Gasteiger partial charge in [0.05, 0.1) is 11.0 Å². The lowest BCUT2D eigenvalue weighted by Gasteiger charge is -2.05. The fraction of sp³-hybridized carbons (Fsp3) is 0. The van der Waals surface area contributed by atoms with Gasteiger partial charge in [0.2, 0.25) is 0 Å². The molecule has 0 spiro atoms. The van der Waals surface area contributed by atoms with Crippen LogP contribution in [-0.4, -0.2) is 15.9 Å². The SMILES string of the molecule is O=C(Nc1nc2cc(Br)ccc2[nH]c1=O)c1ccc(Cl)cc1. The van der Waals surface area contributed by atoms with Crippen LogP contribution in [0, 0.1) is 0 Å². The second kappa shape index (κ2) is 5.90. The van der Waals surface area contributed by atoms with Gasteiger partial charge in [-0.1, -0.05) is 27.5 Å². The maximum absolute atomic E-state index is 12.1. The first-order chi connectivity index (χ1) is 10.5. The number of halogens is 2. The number of fused-ring (bicyclic) bond motifs is 1. The monoisotopic (exact) mass is 377 g/mol. The maximum Gasteiger partial charge on any atom is 0.291 e. The van der Waals surface area contributed by atoms with Gasteiger partial charge in [-0.15, -0.1) is 0 Å². The van der Waals surface area contributed by atoms with Crippen LogP contribution in [0.5, 0.6) is 0 Å². The van der Waals surface area contributed by atoms with Gasteiger partial charge in [0, 0.05) is 15.1 Å². The van der Waals surface area contributed by atoms with Gasteiger partial charge >= 0.3 is 0 Å². The number of rotatable bonds is 2. The Kier molecular flexibility index (Phi) is 3.96. The highest BCUT2D eigenvalue weighted by molar-refractivity contribution is 9.10. The van der Waals surface area contributed by atoms with Gasteiger partial charge in [-0.3, -0.25) is 9.59 Å². The van der Waals surface area contributed by atoms with Crippen LogP contribution in [0.25, 0.3) is 11.0 Å². The molecule has 1 heterocycles. The summed E-state index contributed by atoms with van der Waals surface area (Å²) in [5.74, 6) is -0.477. The third-order valence-corrected chi connectivity index (χ3v) is 3.74. The summed E-state index contributed by atoms with van der Waals surface area (Å²) in [6.07, 6.45) is 0. The van der Waals surface area contributed by atoms with E-state index in [-0.39, 0.29) is 5.82 Å². The number of aromatic amines is 1. The van der Waals surface area contributed by atoms with Crippen LogP contribution in [0.15, 0.2) is 51.7 Å². The van der Waals surface area contributed by atoms with Crippen LogP contribution in [0.3, 0.4) is 0 Å². The number of nitrogens with one attached hydrogen (secondary N) is 2. The number of hydrogen-bond donors (Lipinski definition) is 2. The van der Waals surface area contributed by atoms with Crippen molar-refractivity contribution in [1.82, 2.24) is 9.97 Å². The average molecular weight is 379 g/mol. The molecule has 0 bridgehead atoms. The number of anilines is 1. The summed E-state index contributed by atoms with van der Waals surface area (Å²) in [4.78, 5) is 31.0. The van der Waals surface area contributed by atoms with E-state index in [0.717, 1.165) is 4.47 Å². The highest BCUT2D eigenvalue weighted by Gasteiger charge is 2.11. The van der Waals surface area contributed by atoms with Crippen LogP contribution in [0.2, 0.25) is 5.02 Å². The van der Waals surface area contributed by atoms with Crippen molar-refractivity contribution in [3.8, 4) is 0 Å². The number of hydrogen-bond acceptors (Lipinski definition) is 3. The third kappa shape index (κ3) is 3.03. The Morgan fingerprint density at radius 3 is 2.64 bits per heavy atom. The summed E-state index contributed by atoms with van der Waals surface area (Å²) in [7, 11) is 0. The van der Waals surface area contributed by atoms with Crippen molar-refractivity contribution in [2.45, 2.75) is 0 Å². The average Bonchev–Trinajstić information content (AvgIpc) is 2.49. The topological polar surface area (TPSA) is 74.8 Å². The molecule has 0 aliphatic heterocycles. The van der Waals surface area contributed by atoms with Gasteiger partial charge in [-0.25, -0.2) is 4.98 Å². The lowest BCUT2D eigenvalue weighted by atomic mass is 10.2. The first kappa shape index (κ1) is 14.7. The molecule has 3 rings (SSSR count). The van der Waals surface area contributed by atoms with Gasteiger partial charge in [-0.05, 0) is 42.5 Å². The molecule has 0 aliphatic rings. The minimum absolute atomic E-state index is 0.0504. The number of carbonyl (C=O) groups excluding carboxylic acids is 1. The molecule has 0 fully saturated rings. The van der Waals surface area contributed by atoms with Crippen LogP contribution in [-0.2, 0) is 0 Å². The zero-order valence-corrected chi connectivity index (χ0v) is 13.4. The quantitative estimate of drug-likeness (QED) is 0.715. The van der Waals surface area contributed by atoms with Crippen LogP contribution in [0.4, 0.5) is 5.82 Å². The van der Waals surface area contributed by atoms with Crippen molar-refractivity contribution in [2.24, 2.45) is 0 Å². The predicted octanol–water partition coefficient (Wildman–Crippen LogP) is 3.59. The van der Waals surface area contributed by atoms with Gasteiger partial charge in [0.1, 0.15) is 0 Å². The van der Waals surface area contributed by atoms with Crippen molar-refractivity contribution in [3.05, 3.63) is 67.9 Å². The van der Waals surface area contributed by atoms with Gasteiger partial charge < -0.3 is 10.3 Å². The molecule has 5 nitrogen and oxygen atoms in total. The Labute approximate surface area is 138 Å². The van der Waals surface area contributed by atoms with Crippen molar-refractivity contribution in [3.63, 3.8) is 0 Å². The molecule has 0 atom stereocenters. The van der Waals surface area contributed by atoms with Crippen molar-refractivity contribution < 1.29 is 4.79 Å². The van der Waals surface area contributed by atoms with Crippen molar-refractivity contribution >= 4 is 50.3 Å². The number of aromatic nitrogens is 2. The van der Waals surface area contributed by atoms with E-state index < -0.39 is 11.5 Å². The molecule has 110 valence electrons. The van der Waals surface area contributed by atoms with E-state index >= 15 is 0 Å². The van der Waals surface area contributed by atoms with Crippen molar-refractivity contribution in [2.75, 3.05) is 5.32 Å². The van der Waals surface area contributed by atoms with E-state index in [1.54, 1.807) is 42.5 Å². The Morgan fingerprint density at radius 1 is 1.18 bits per heavy atom. The molecular weight excluding hydrogens is 370 g/mol. The zero-order valence-electron chi connectivity index (χ0n) is 11.1. The summed E-state index contributed by atoms with van der Waals surface area (Å²) < 4.78 is 0.828. The van der Waals surface area contributed by atoms with Crippen molar-refractivity contribution in [1.29, 1.82) is 0 Å². The third-order valence-electron chi connectivity index (χ3n) is 2.99. The molecule has 2 N–H and O–H groups in total. The molecule has 3 aromatic rings. The van der Waals surface area contributed by atoms with E-state index in [1.165, 1.54) is 0 Å². The fourth-order valence-corrected chi connectivity index (χ4v) is 2.40. The van der Waals surface area contributed by atoms with E-state index in [0.29, 0.717) is 21.6 Å². The minimum atomic E-state index is -0.461. The van der Waals surface area contributed by atoms with E-state index in [4.69, 9.17) is 11.6 Å². The molecule has 0 saturated carbocycles. The Balaban J connectivity index is 1.96. The Hall–Kier alpha value is -2.18. The lowest BCUT2D eigenvalue weighted by molar-refractivity contribution is 0.102. The molecule has 0 unspecified atom stereocenters. The molecule has 2 aromatic carbocycles. The first-order valence-electron chi connectivity index (χ1n) is 6.29. The van der Waals surface area contributed by atoms with E-state index in [2.05, 4.69) is 31.2 Å². The highest BCUT2D eigenvalue weighted by Crippen LogP contribution is 2.17. The summed E-state index contributed by atoms with van der Waals surface area (Å²) in [6, 6.07) is 11.6. The maximum atomic E-state index is 12.1. The lowest BCUT2D eigenvalue weighted by Crippen LogP contribution is -2.21. The fourth-order valence-electron chi connectivity index (χ4n) is 1.92. The molecule has 1 aromatic heterocycles. The van der Waals surface area contributed by atoms with Gasteiger partial charge in [0.25, 0.3) is 11.5 Å². The first-order valence-corrected chi connectivity index (χ1v) is 7.46. The summed E-state index contributed by atoms with van der Waals surface area (Å²) in [5, 5.41) is 3.04. The van der Waals surface area contributed by atoms with E-state index in [9.17, 15) is 9.59 Å². The predicted molar refractivity (Wildman–Crippen MR) is 89.5 cm³/mol.